The van der Waals surface area contributed by atoms with Gasteiger partial charge < -0.3 is 0 Å². The van der Waals surface area contributed by atoms with Crippen molar-refractivity contribution in [3.8, 4) is 0 Å². The summed E-state index contributed by atoms with van der Waals surface area (Å²) in [5.74, 6) is 0. The summed E-state index contributed by atoms with van der Waals surface area (Å²) < 4.78 is 26.8. The standard InChI is InChI=1S/C13H11BrClNO2S/c1-16(13-8-7-10(14)9-12(13)15)19(17,18)11-5-3-2-4-6-11/h2-9H,1H3. The molecule has 0 heterocycles. The van der Waals surface area contributed by atoms with Crippen LogP contribution in [0.2, 0.25) is 5.02 Å². The van der Waals surface area contributed by atoms with Crippen molar-refractivity contribution < 1.29 is 8.42 Å². The van der Waals surface area contributed by atoms with Crippen LogP contribution in [0.4, 0.5) is 5.69 Å². The van der Waals surface area contributed by atoms with E-state index in [-0.39, 0.29) is 4.90 Å². The van der Waals surface area contributed by atoms with Crippen LogP contribution in [0.3, 0.4) is 0 Å². The molecule has 0 aliphatic rings. The Morgan fingerprint density at radius 3 is 2.32 bits per heavy atom. The van der Waals surface area contributed by atoms with Crippen LogP contribution >= 0.6 is 27.5 Å². The minimum Gasteiger partial charge on any atom is -0.268 e. The molecule has 2 aromatic rings. The van der Waals surface area contributed by atoms with Gasteiger partial charge in [-0.25, -0.2) is 8.42 Å². The number of nitrogens with zero attached hydrogens (tertiary/aromatic N) is 1. The highest BCUT2D eigenvalue weighted by Crippen LogP contribution is 2.31. The van der Waals surface area contributed by atoms with Crippen molar-refractivity contribution in [3.05, 3.63) is 58.0 Å². The van der Waals surface area contributed by atoms with Gasteiger partial charge in [0.25, 0.3) is 10.0 Å². The second-order valence-electron chi connectivity index (χ2n) is 3.88. The molecule has 0 bridgehead atoms. The monoisotopic (exact) mass is 359 g/mol. The van der Waals surface area contributed by atoms with E-state index in [1.165, 1.54) is 11.4 Å². The van der Waals surface area contributed by atoms with Crippen molar-refractivity contribution in [2.24, 2.45) is 0 Å². The molecule has 0 radical (unpaired) electrons. The van der Waals surface area contributed by atoms with Gasteiger partial charge in [-0.1, -0.05) is 45.7 Å². The number of halogens is 2. The molecule has 6 heteroatoms. The zero-order valence-corrected chi connectivity index (χ0v) is 13.2. The quantitative estimate of drug-likeness (QED) is 0.832. The topological polar surface area (TPSA) is 37.4 Å². The van der Waals surface area contributed by atoms with E-state index in [2.05, 4.69) is 15.9 Å². The number of anilines is 1. The molecule has 0 aliphatic heterocycles. The van der Waals surface area contributed by atoms with Crippen LogP contribution in [0.25, 0.3) is 0 Å². The van der Waals surface area contributed by atoms with Crippen molar-refractivity contribution in [3.63, 3.8) is 0 Å². The molecule has 19 heavy (non-hydrogen) atoms. The zero-order chi connectivity index (χ0) is 14.0. The summed E-state index contributed by atoms with van der Waals surface area (Å²) in [6.07, 6.45) is 0. The van der Waals surface area contributed by atoms with Gasteiger partial charge in [-0.15, -0.1) is 0 Å². The van der Waals surface area contributed by atoms with Crippen molar-refractivity contribution in [2.45, 2.75) is 4.90 Å². The minimum absolute atomic E-state index is 0.233. The summed E-state index contributed by atoms with van der Waals surface area (Å²) in [4.78, 5) is 0.233. The Balaban J connectivity index is 2.47. The Hall–Kier alpha value is -1.04. The molecule has 0 N–H and O–H groups in total. The van der Waals surface area contributed by atoms with E-state index in [4.69, 9.17) is 11.6 Å². The van der Waals surface area contributed by atoms with Gasteiger partial charge in [0.1, 0.15) is 0 Å². The van der Waals surface area contributed by atoms with Crippen LogP contribution in [-0.4, -0.2) is 15.5 Å². The third-order valence-electron chi connectivity index (χ3n) is 2.65. The second-order valence-corrected chi connectivity index (χ2v) is 7.17. The van der Waals surface area contributed by atoms with Gasteiger partial charge in [-0.05, 0) is 30.3 Å². The predicted octanol–water partition coefficient (Wildman–Crippen LogP) is 3.93. The van der Waals surface area contributed by atoms with Gasteiger partial charge in [0.05, 0.1) is 15.6 Å². The highest BCUT2D eigenvalue weighted by Gasteiger charge is 2.22. The van der Waals surface area contributed by atoms with Gasteiger partial charge in [-0.3, -0.25) is 4.31 Å². The van der Waals surface area contributed by atoms with Crippen LogP contribution in [0.15, 0.2) is 57.9 Å². The maximum Gasteiger partial charge on any atom is 0.264 e. The van der Waals surface area contributed by atoms with Crippen molar-refractivity contribution in [2.75, 3.05) is 11.4 Å². The molecule has 3 nitrogen and oxygen atoms in total. The zero-order valence-electron chi connectivity index (χ0n) is 10.0. The average molecular weight is 361 g/mol. The molecule has 0 fully saturated rings. The Morgan fingerprint density at radius 1 is 1.11 bits per heavy atom. The summed E-state index contributed by atoms with van der Waals surface area (Å²) in [7, 11) is -2.11. The van der Waals surface area contributed by atoms with E-state index in [1.807, 2.05) is 0 Å². The fourth-order valence-corrected chi connectivity index (χ4v) is 3.70. The lowest BCUT2D eigenvalue weighted by Crippen LogP contribution is -2.26. The molecule has 0 aliphatic carbocycles. The molecule has 0 amide bonds. The molecular formula is C13H11BrClNO2S. The molecule has 100 valence electrons. The Labute approximate surface area is 126 Å². The normalized spacial score (nSPS) is 11.3. The maximum absolute atomic E-state index is 12.4. The highest BCUT2D eigenvalue weighted by molar-refractivity contribution is 9.10. The fourth-order valence-electron chi connectivity index (χ4n) is 1.62. The number of rotatable bonds is 3. The van der Waals surface area contributed by atoms with Gasteiger partial charge in [0, 0.05) is 11.5 Å². The lowest BCUT2D eigenvalue weighted by molar-refractivity contribution is 0.594. The first-order chi connectivity index (χ1) is 8.93. The van der Waals surface area contributed by atoms with Crippen LogP contribution in [0.1, 0.15) is 0 Å². The van der Waals surface area contributed by atoms with Crippen LogP contribution in [0, 0.1) is 0 Å². The Kier molecular flexibility index (Phi) is 4.18. The first-order valence-electron chi connectivity index (χ1n) is 5.42. The van der Waals surface area contributed by atoms with Gasteiger partial charge in [0.15, 0.2) is 0 Å². The van der Waals surface area contributed by atoms with E-state index in [0.29, 0.717) is 10.7 Å². The van der Waals surface area contributed by atoms with Crippen LogP contribution in [-0.2, 0) is 10.0 Å². The highest BCUT2D eigenvalue weighted by atomic mass is 79.9. The molecular weight excluding hydrogens is 350 g/mol. The van der Waals surface area contributed by atoms with Crippen molar-refractivity contribution in [1.29, 1.82) is 0 Å². The van der Waals surface area contributed by atoms with Crippen LogP contribution in [0.5, 0.6) is 0 Å². The number of sulfonamides is 1. The molecule has 0 saturated carbocycles. The fraction of sp³-hybridized carbons (Fsp3) is 0.0769. The molecule has 0 spiro atoms. The minimum atomic E-state index is -3.59. The lowest BCUT2D eigenvalue weighted by Gasteiger charge is -2.20. The maximum atomic E-state index is 12.4. The number of hydrogen-bond donors (Lipinski definition) is 0. The molecule has 0 unspecified atom stereocenters. The van der Waals surface area contributed by atoms with Gasteiger partial charge >= 0.3 is 0 Å². The summed E-state index contributed by atoms with van der Waals surface area (Å²) in [6, 6.07) is 13.3. The average Bonchev–Trinajstić information content (AvgIpc) is 2.39. The largest absolute Gasteiger partial charge is 0.268 e. The van der Waals surface area contributed by atoms with E-state index < -0.39 is 10.0 Å². The van der Waals surface area contributed by atoms with E-state index in [9.17, 15) is 8.42 Å². The summed E-state index contributed by atoms with van der Waals surface area (Å²) in [5.41, 5.74) is 0.439. The van der Waals surface area contributed by atoms with E-state index >= 15 is 0 Å². The molecule has 0 aromatic heterocycles. The number of hydrogen-bond acceptors (Lipinski definition) is 2. The smallest absolute Gasteiger partial charge is 0.264 e. The molecule has 0 atom stereocenters. The summed E-state index contributed by atoms with van der Waals surface area (Å²) in [6.45, 7) is 0. The second kappa shape index (κ2) is 5.53. The first kappa shape index (κ1) is 14.4. The first-order valence-corrected chi connectivity index (χ1v) is 8.03. The number of benzene rings is 2. The van der Waals surface area contributed by atoms with E-state index in [1.54, 1.807) is 48.5 Å². The van der Waals surface area contributed by atoms with Gasteiger partial charge in [-0.2, -0.15) is 0 Å². The third kappa shape index (κ3) is 2.94. The van der Waals surface area contributed by atoms with E-state index in [0.717, 1.165) is 4.47 Å². The van der Waals surface area contributed by atoms with Crippen LogP contribution < -0.4 is 4.31 Å². The summed E-state index contributed by atoms with van der Waals surface area (Å²) >= 11 is 9.37. The molecule has 0 saturated heterocycles. The lowest BCUT2D eigenvalue weighted by atomic mass is 10.3. The van der Waals surface area contributed by atoms with Gasteiger partial charge in [0.2, 0.25) is 0 Å². The summed E-state index contributed by atoms with van der Waals surface area (Å²) in [5, 5.41) is 0.372. The Morgan fingerprint density at radius 2 is 1.74 bits per heavy atom. The SMILES string of the molecule is CN(c1ccc(Br)cc1Cl)S(=O)(=O)c1ccccc1. The molecule has 2 rings (SSSR count). The molecule has 2 aromatic carbocycles. The Bertz CT molecular complexity index is 689. The van der Waals surface area contributed by atoms with Crippen molar-refractivity contribution in [1.82, 2.24) is 0 Å². The third-order valence-corrected chi connectivity index (χ3v) is 5.23. The van der Waals surface area contributed by atoms with Crippen molar-refractivity contribution >= 4 is 43.2 Å². The predicted molar refractivity (Wildman–Crippen MR) is 81.2 cm³/mol.